The number of nitrogens with zero attached hydrogens (tertiary/aromatic N) is 3. The molecule has 0 spiro atoms. The predicted molar refractivity (Wildman–Crippen MR) is 105 cm³/mol. The summed E-state index contributed by atoms with van der Waals surface area (Å²) in [5.41, 5.74) is 1.78. The minimum Gasteiger partial charge on any atom is -0.454 e. The first-order chi connectivity index (χ1) is 12.9. The van der Waals surface area contributed by atoms with E-state index in [1.165, 1.54) is 21.8 Å². The molecule has 0 radical (unpaired) electrons. The van der Waals surface area contributed by atoms with Crippen molar-refractivity contribution in [2.75, 3.05) is 11.9 Å². The summed E-state index contributed by atoms with van der Waals surface area (Å²) in [7, 11) is 0. The summed E-state index contributed by atoms with van der Waals surface area (Å²) in [5.74, 6) is 0.0682. The van der Waals surface area contributed by atoms with Gasteiger partial charge in [-0.15, -0.1) is 11.3 Å². The van der Waals surface area contributed by atoms with E-state index < -0.39 is 5.97 Å². The molecule has 0 fully saturated rings. The summed E-state index contributed by atoms with van der Waals surface area (Å²) in [6.45, 7) is 6.88. The van der Waals surface area contributed by atoms with E-state index >= 15 is 0 Å². The van der Waals surface area contributed by atoms with Gasteiger partial charge >= 0.3 is 5.97 Å². The van der Waals surface area contributed by atoms with Gasteiger partial charge < -0.3 is 10.1 Å². The zero-order valence-corrected chi connectivity index (χ0v) is 16.4. The van der Waals surface area contributed by atoms with Gasteiger partial charge in [0.1, 0.15) is 12.3 Å². The summed E-state index contributed by atoms with van der Waals surface area (Å²) in [6.07, 6.45) is 1.03. The van der Waals surface area contributed by atoms with E-state index in [0.717, 1.165) is 18.7 Å². The average Bonchev–Trinajstić information content (AvgIpc) is 3.08. The number of pyridine rings is 1. The van der Waals surface area contributed by atoms with Crippen LogP contribution in [-0.2, 0) is 11.3 Å². The number of ether oxygens (including phenoxy) is 1. The minimum absolute atomic E-state index is 0.0772. The lowest BCUT2D eigenvalue weighted by Gasteiger charge is -2.07. The van der Waals surface area contributed by atoms with E-state index in [2.05, 4.69) is 29.1 Å². The highest BCUT2D eigenvalue weighted by Gasteiger charge is 2.13. The molecule has 1 N–H and O–H groups in total. The Morgan fingerprint density at radius 2 is 2.15 bits per heavy atom. The number of thiazole rings is 1. The van der Waals surface area contributed by atoms with Gasteiger partial charge in [0, 0.05) is 23.7 Å². The molecule has 3 heterocycles. The number of anilines is 1. The molecule has 0 unspecified atom stereocenters. The van der Waals surface area contributed by atoms with Crippen LogP contribution in [0.5, 0.6) is 0 Å². The highest BCUT2D eigenvalue weighted by molar-refractivity contribution is 7.13. The van der Waals surface area contributed by atoms with Gasteiger partial charge in [0.05, 0.1) is 5.69 Å². The maximum absolute atomic E-state index is 12.3. The number of aromatic nitrogens is 3. The Morgan fingerprint density at radius 1 is 1.33 bits per heavy atom. The Labute approximate surface area is 161 Å². The first kappa shape index (κ1) is 19.0. The van der Waals surface area contributed by atoms with Gasteiger partial charge in [0.15, 0.2) is 10.8 Å². The third kappa shape index (κ3) is 4.71. The fourth-order valence-corrected chi connectivity index (χ4v) is 3.28. The van der Waals surface area contributed by atoms with Gasteiger partial charge in [0.2, 0.25) is 0 Å². The number of aryl methyl sites for hydroxylation is 1. The van der Waals surface area contributed by atoms with Gasteiger partial charge in [-0.1, -0.05) is 19.9 Å². The molecule has 0 amide bonds. The first-order valence-corrected chi connectivity index (χ1v) is 9.67. The van der Waals surface area contributed by atoms with Crippen LogP contribution in [0, 0.1) is 12.8 Å². The molecule has 142 valence electrons. The van der Waals surface area contributed by atoms with Crippen LogP contribution >= 0.6 is 11.3 Å². The Hall–Kier alpha value is -2.74. The molecule has 27 heavy (non-hydrogen) atoms. The van der Waals surface area contributed by atoms with Crippen LogP contribution in [0.3, 0.4) is 0 Å². The number of esters is 1. The molecule has 0 atom stereocenters. The van der Waals surface area contributed by atoms with Gasteiger partial charge in [-0.2, -0.15) is 0 Å². The molecule has 0 aliphatic heterocycles. The van der Waals surface area contributed by atoms with E-state index in [9.17, 15) is 9.59 Å². The fraction of sp³-hybridized carbons (Fsp3) is 0.368. The molecule has 0 aromatic carbocycles. The van der Waals surface area contributed by atoms with Crippen molar-refractivity contribution >= 4 is 28.1 Å². The number of nitrogens with one attached hydrogen (secondary N) is 1. The van der Waals surface area contributed by atoms with Crippen LogP contribution in [-0.4, -0.2) is 26.9 Å². The Balaban J connectivity index is 1.63. The van der Waals surface area contributed by atoms with E-state index in [-0.39, 0.29) is 17.9 Å². The number of carbonyl (C=O) groups excluding carboxylic acids is 1. The van der Waals surface area contributed by atoms with Crippen LogP contribution in [0.15, 0.2) is 34.4 Å². The van der Waals surface area contributed by atoms with Gasteiger partial charge in [-0.05, 0) is 31.4 Å². The molecule has 3 rings (SSSR count). The molecule has 0 saturated carbocycles. The van der Waals surface area contributed by atoms with Crippen molar-refractivity contribution < 1.29 is 9.53 Å². The van der Waals surface area contributed by atoms with Crippen molar-refractivity contribution in [1.82, 2.24) is 14.4 Å². The molecular formula is C19H22N4O3S. The number of fused-ring (bicyclic) bond motifs is 1. The SMILES string of the molecule is Cc1cccc2nc(COC(=O)c3csc(NCCC(C)C)n3)cc(=O)n12. The largest absolute Gasteiger partial charge is 0.454 e. The maximum atomic E-state index is 12.3. The first-order valence-electron chi connectivity index (χ1n) is 8.79. The van der Waals surface area contributed by atoms with Crippen LogP contribution in [0.4, 0.5) is 5.13 Å². The number of rotatable bonds is 7. The highest BCUT2D eigenvalue weighted by atomic mass is 32.1. The zero-order chi connectivity index (χ0) is 19.4. The normalized spacial score (nSPS) is 11.1. The molecule has 0 aliphatic rings. The maximum Gasteiger partial charge on any atom is 0.358 e. The smallest absolute Gasteiger partial charge is 0.358 e. The summed E-state index contributed by atoms with van der Waals surface area (Å²) in [5, 5.41) is 5.55. The highest BCUT2D eigenvalue weighted by Crippen LogP contribution is 2.17. The van der Waals surface area contributed by atoms with Crippen molar-refractivity contribution in [2.24, 2.45) is 5.92 Å². The average molecular weight is 386 g/mol. The van der Waals surface area contributed by atoms with Crippen LogP contribution in [0.2, 0.25) is 0 Å². The second-order valence-electron chi connectivity index (χ2n) is 6.67. The molecule has 7 nitrogen and oxygen atoms in total. The molecular weight excluding hydrogens is 364 g/mol. The molecule has 0 bridgehead atoms. The summed E-state index contributed by atoms with van der Waals surface area (Å²) in [4.78, 5) is 33.1. The Morgan fingerprint density at radius 3 is 2.93 bits per heavy atom. The lowest BCUT2D eigenvalue weighted by atomic mass is 10.1. The minimum atomic E-state index is -0.533. The van der Waals surface area contributed by atoms with E-state index in [4.69, 9.17) is 4.74 Å². The topological polar surface area (TPSA) is 85.6 Å². The van der Waals surface area contributed by atoms with E-state index in [1.54, 1.807) is 11.4 Å². The molecule has 3 aromatic rings. The lowest BCUT2D eigenvalue weighted by molar-refractivity contribution is 0.0462. The Bertz CT molecular complexity index is 1010. The second kappa shape index (κ2) is 8.30. The number of hydrogen-bond donors (Lipinski definition) is 1. The summed E-state index contributed by atoms with van der Waals surface area (Å²) in [6, 6.07) is 6.79. The van der Waals surface area contributed by atoms with Crippen LogP contribution < -0.4 is 10.9 Å². The van der Waals surface area contributed by atoms with Crippen molar-refractivity contribution in [3.8, 4) is 0 Å². The quantitative estimate of drug-likeness (QED) is 0.627. The summed E-state index contributed by atoms with van der Waals surface area (Å²) >= 11 is 1.37. The fourth-order valence-electron chi connectivity index (χ4n) is 2.57. The van der Waals surface area contributed by atoms with Crippen LogP contribution in [0.1, 0.15) is 42.1 Å². The van der Waals surface area contributed by atoms with Crippen molar-refractivity contribution in [3.05, 3.63) is 57.1 Å². The molecule has 0 aliphatic carbocycles. The molecule has 0 saturated heterocycles. The van der Waals surface area contributed by atoms with Gasteiger partial charge in [-0.3, -0.25) is 9.20 Å². The van der Waals surface area contributed by atoms with Crippen molar-refractivity contribution in [2.45, 2.75) is 33.8 Å². The zero-order valence-electron chi connectivity index (χ0n) is 15.6. The van der Waals surface area contributed by atoms with E-state index in [0.29, 0.717) is 22.4 Å². The predicted octanol–water partition coefficient (Wildman–Crippen LogP) is 3.27. The van der Waals surface area contributed by atoms with Gasteiger partial charge in [0.25, 0.3) is 5.56 Å². The Kier molecular flexibility index (Phi) is 5.85. The van der Waals surface area contributed by atoms with E-state index in [1.807, 2.05) is 19.1 Å². The summed E-state index contributed by atoms with van der Waals surface area (Å²) < 4.78 is 6.79. The molecule has 3 aromatic heterocycles. The van der Waals surface area contributed by atoms with Crippen molar-refractivity contribution in [3.63, 3.8) is 0 Å². The van der Waals surface area contributed by atoms with Crippen molar-refractivity contribution in [1.29, 1.82) is 0 Å². The van der Waals surface area contributed by atoms with Gasteiger partial charge in [-0.25, -0.2) is 14.8 Å². The third-order valence-electron chi connectivity index (χ3n) is 4.00. The third-order valence-corrected chi connectivity index (χ3v) is 4.80. The number of hydrogen-bond acceptors (Lipinski definition) is 7. The standard InChI is InChI=1S/C19H22N4O3S/c1-12(2)7-8-20-19-22-15(11-27-19)18(25)26-10-14-9-17(24)23-13(3)5-4-6-16(23)21-14/h4-6,9,11-12H,7-8,10H2,1-3H3,(H,20,22). The second-order valence-corrected chi connectivity index (χ2v) is 7.53. The number of carbonyl (C=O) groups is 1. The molecule has 8 heteroatoms. The lowest BCUT2D eigenvalue weighted by Crippen LogP contribution is -2.18. The van der Waals surface area contributed by atoms with Crippen LogP contribution in [0.25, 0.3) is 5.65 Å². The monoisotopic (exact) mass is 386 g/mol.